The lowest BCUT2D eigenvalue weighted by atomic mass is 9.95. The van der Waals surface area contributed by atoms with Crippen LogP contribution in [0.15, 0.2) is 0 Å². The Labute approximate surface area is 83.2 Å². The summed E-state index contributed by atoms with van der Waals surface area (Å²) in [7, 11) is 0. The van der Waals surface area contributed by atoms with Crippen LogP contribution in [0.25, 0.3) is 0 Å². The highest BCUT2D eigenvalue weighted by atomic mass is 16.2. The number of hydrogen-bond acceptors (Lipinski definition) is 3. The number of urea groups is 1. The summed E-state index contributed by atoms with van der Waals surface area (Å²) < 4.78 is 0. The fourth-order valence-electron chi connectivity index (χ4n) is 1.88. The maximum atomic E-state index is 11.5. The highest BCUT2D eigenvalue weighted by Gasteiger charge is 2.27. The molecule has 0 radical (unpaired) electrons. The van der Waals surface area contributed by atoms with Gasteiger partial charge in [0.25, 0.3) is 0 Å². The van der Waals surface area contributed by atoms with Crippen molar-refractivity contribution in [2.45, 2.75) is 38.1 Å². The van der Waals surface area contributed by atoms with Crippen LogP contribution in [0.2, 0.25) is 0 Å². The first-order chi connectivity index (χ1) is 6.61. The Balaban J connectivity index is 2.54. The first-order valence-electron chi connectivity index (χ1n) is 4.97. The lowest BCUT2D eigenvalue weighted by molar-refractivity contribution is -0.124. The van der Waals surface area contributed by atoms with E-state index < -0.39 is 6.03 Å². The van der Waals surface area contributed by atoms with Crippen molar-refractivity contribution < 1.29 is 9.59 Å². The van der Waals surface area contributed by atoms with Gasteiger partial charge < -0.3 is 11.5 Å². The second-order valence-corrected chi connectivity index (χ2v) is 3.76. The molecule has 0 bridgehead atoms. The SMILES string of the molecule is NC(=O)NC(=O)C1CCCCCC1N. The average Bonchev–Trinajstić information content (AvgIpc) is 2.28. The Morgan fingerprint density at radius 2 is 1.79 bits per heavy atom. The predicted molar refractivity (Wildman–Crippen MR) is 52.3 cm³/mol. The minimum atomic E-state index is -0.800. The second kappa shape index (κ2) is 4.95. The molecule has 1 aliphatic rings. The molecule has 5 N–H and O–H groups in total. The van der Waals surface area contributed by atoms with Crippen LogP contribution in [0.4, 0.5) is 4.79 Å². The monoisotopic (exact) mass is 199 g/mol. The Bertz CT molecular complexity index is 230. The van der Waals surface area contributed by atoms with Gasteiger partial charge in [0.1, 0.15) is 0 Å². The van der Waals surface area contributed by atoms with Crippen LogP contribution in [-0.4, -0.2) is 18.0 Å². The second-order valence-electron chi connectivity index (χ2n) is 3.76. The van der Waals surface area contributed by atoms with E-state index in [4.69, 9.17) is 11.5 Å². The molecule has 0 heterocycles. The first-order valence-corrected chi connectivity index (χ1v) is 4.97. The average molecular weight is 199 g/mol. The van der Waals surface area contributed by atoms with E-state index in [-0.39, 0.29) is 17.9 Å². The molecule has 0 saturated heterocycles. The van der Waals surface area contributed by atoms with Gasteiger partial charge in [0.2, 0.25) is 5.91 Å². The van der Waals surface area contributed by atoms with Gasteiger partial charge in [-0.1, -0.05) is 19.3 Å². The highest BCUT2D eigenvalue weighted by molar-refractivity contribution is 5.95. The van der Waals surface area contributed by atoms with Gasteiger partial charge in [-0.15, -0.1) is 0 Å². The third-order valence-corrected chi connectivity index (χ3v) is 2.65. The van der Waals surface area contributed by atoms with Gasteiger partial charge >= 0.3 is 6.03 Å². The third-order valence-electron chi connectivity index (χ3n) is 2.65. The Hall–Kier alpha value is -1.10. The minimum Gasteiger partial charge on any atom is -0.351 e. The molecule has 0 aromatic rings. The van der Waals surface area contributed by atoms with Crippen molar-refractivity contribution in [3.63, 3.8) is 0 Å². The number of carbonyl (C=O) groups is 2. The van der Waals surface area contributed by atoms with Gasteiger partial charge in [-0.25, -0.2) is 4.79 Å². The zero-order valence-corrected chi connectivity index (χ0v) is 8.16. The first kappa shape index (κ1) is 11.0. The zero-order valence-electron chi connectivity index (χ0n) is 8.16. The number of nitrogens with two attached hydrogens (primary N) is 2. The fourth-order valence-corrected chi connectivity index (χ4v) is 1.88. The largest absolute Gasteiger partial charge is 0.351 e. The number of hydrogen-bond donors (Lipinski definition) is 3. The number of imide groups is 1. The van der Waals surface area contributed by atoms with Gasteiger partial charge in [-0.3, -0.25) is 10.1 Å². The quantitative estimate of drug-likeness (QED) is 0.522. The Morgan fingerprint density at radius 1 is 1.14 bits per heavy atom. The molecular formula is C9H17N3O2. The van der Waals surface area contributed by atoms with Crippen molar-refractivity contribution in [2.24, 2.45) is 17.4 Å². The van der Waals surface area contributed by atoms with Crippen molar-refractivity contribution in [3.05, 3.63) is 0 Å². The van der Waals surface area contributed by atoms with Gasteiger partial charge in [0.15, 0.2) is 0 Å². The smallest absolute Gasteiger partial charge is 0.318 e. The number of nitrogens with one attached hydrogen (secondary N) is 1. The molecule has 2 unspecified atom stereocenters. The molecule has 14 heavy (non-hydrogen) atoms. The molecule has 2 atom stereocenters. The summed E-state index contributed by atoms with van der Waals surface area (Å²) in [6, 6.07) is -0.941. The lowest BCUT2D eigenvalue weighted by Crippen LogP contribution is -2.45. The van der Waals surface area contributed by atoms with Crippen molar-refractivity contribution in [3.8, 4) is 0 Å². The Morgan fingerprint density at radius 3 is 2.43 bits per heavy atom. The van der Waals surface area contributed by atoms with E-state index in [1.54, 1.807) is 0 Å². The topological polar surface area (TPSA) is 98.2 Å². The summed E-state index contributed by atoms with van der Waals surface area (Å²) in [6.07, 6.45) is 4.75. The van der Waals surface area contributed by atoms with Crippen LogP contribution >= 0.6 is 0 Å². The number of rotatable bonds is 1. The van der Waals surface area contributed by atoms with Gasteiger partial charge in [-0.2, -0.15) is 0 Å². The molecule has 3 amide bonds. The van der Waals surface area contributed by atoms with Crippen LogP contribution in [-0.2, 0) is 4.79 Å². The van der Waals surface area contributed by atoms with Crippen LogP contribution in [0.5, 0.6) is 0 Å². The highest BCUT2D eigenvalue weighted by Crippen LogP contribution is 2.22. The molecule has 5 nitrogen and oxygen atoms in total. The maximum absolute atomic E-state index is 11.5. The summed E-state index contributed by atoms with van der Waals surface area (Å²) in [5.74, 6) is -0.586. The van der Waals surface area contributed by atoms with Crippen molar-refractivity contribution in [2.75, 3.05) is 0 Å². The summed E-state index contributed by atoms with van der Waals surface area (Å²) in [5, 5.41) is 2.09. The van der Waals surface area contributed by atoms with Gasteiger partial charge in [0.05, 0.1) is 5.92 Å². The molecule has 1 rings (SSSR count). The molecule has 1 saturated carbocycles. The van der Waals surface area contributed by atoms with Crippen molar-refractivity contribution in [1.29, 1.82) is 0 Å². The predicted octanol–water partition coefficient (Wildman–Crippen LogP) is 0.0889. The van der Waals surface area contributed by atoms with Crippen molar-refractivity contribution >= 4 is 11.9 Å². The molecule has 5 heteroatoms. The van der Waals surface area contributed by atoms with Crippen LogP contribution < -0.4 is 16.8 Å². The molecule has 0 spiro atoms. The van der Waals surface area contributed by atoms with E-state index >= 15 is 0 Å². The summed E-state index contributed by atoms with van der Waals surface area (Å²) in [4.78, 5) is 22.0. The zero-order chi connectivity index (χ0) is 10.6. The van der Waals surface area contributed by atoms with E-state index in [2.05, 4.69) is 5.32 Å². The van der Waals surface area contributed by atoms with Crippen LogP contribution in [0, 0.1) is 5.92 Å². The maximum Gasteiger partial charge on any atom is 0.318 e. The molecule has 1 fully saturated rings. The fraction of sp³-hybridized carbons (Fsp3) is 0.778. The van der Waals surface area contributed by atoms with E-state index in [0.717, 1.165) is 32.1 Å². The summed E-state index contributed by atoms with van der Waals surface area (Å²) in [5.41, 5.74) is 10.7. The van der Waals surface area contributed by atoms with Gasteiger partial charge in [-0.05, 0) is 12.8 Å². The van der Waals surface area contributed by atoms with E-state index in [0.29, 0.717) is 0 Å². The molecule has 0 aliphatic heterocycles. The molecule has 1 aliphatic carbocycles. The van der Waals surface area contributed by atoms with E-state index in [1.165, 1.54) is 0 Å². The normalized spacial score (nSPS) is 27.8. The van der Waals surface area contributed by atoms with Crippen LogP contribution in [0.1, 0.15) is 32.1 Å². The van der Waals surface area contributed by atoms with Crippen LogP contribution in [0.3, 0.4) is 0 Å². The van der Waals surface area contributed by atoms with Gasteiger partial charge in [0, 0.05) is 6.04 Å². The number of primary amides is 1. The molecule has 0 aromatic carbocycles. The minimum absolute atomic E-state index is 0.142. The van der Waals surface area contributed by atoms with E-state index in [9.17, 15) is 9.59 Å². The molecular weight excluding hydrogens is 182 g/mol. The van der Waals surface area contributed by atoms with Crippen molar-refractivity contribution in [1.82, 2.24) is 5.32 Å². The molecule has 0 aromatic heterocycles. The number of carbonyl (C=O) groups excluding carboxylic acids is 2. The summed E-state index contributed by atoms with van der Waals surface area (Å²) >= 11 is 0. The Kier molecular flexibility index (Phi) is 3.88. The summed E-state index contributed by atoms with van der Waals surface area (Å²) in [6.45, 7) is 0. The standard InChI is InChI=1S/C9H17N3O2/c10-7-5-3-1-2-4-6(7)8(13)12-9(11)14/h6-7H,1-5,10H2,(H3,11,12,13,14). The van der Waals surface area contributed by atoms with E-state index in [1.807, 2.05) is 0 Å². The molecule has 80 valence electrons. The number of amides is 3. The third kappa shape index (κ3) is 2.99. The lowest BCUT2D eigenvalue weighted by Gasteiger charge is -2.19.